The highest BCUT2D eigenvalue weighted by atomic mass is 16.3. The van der Waals surface area contributed by atoms with E-state index < -0.39 is 58.0 Å². The van der Waals surface area contributed by atoms with Crippen LogP contribution in [0.1, 0.15) is 30.0 Å². The quantitative estimate of drug-likeness (QED) is 0.329. The van der Waals surface area contributed by atoms with Crippen molar-refractivity contribution in [1.29, 1.82) is 0 Å². The van der Waals surface area contributed by atoms with E-state index in [0.29, 0.717) is 16.7 Å². The van der Waals surface area contributed by atoms with Crippen molar-refractivity contribution < 1.29 is 39.9 Å². The molecule has 0 saturated heterocycles. The average molecular weight is 485 g/mol. The van der Waals surface area contributed by atoms with Gasteiger partial charge in [0.1, 0.15) is 22.8 Å². The molecule has 0 aromatic heterocycles. The lowest BCUT2D eigenvalue weighted by atomic mass is 9.57. The predicted octanol–water partition coefficient (Wildman–Crippen LogP) is 0.360. The van der Waals surface area contributed by atoms with Crippen LogP contribution in [0.3, 0.4) is 0 Å². The number of phenols is 1. The Morgan fingerprint density at radius 3 is 2.46 bits per heavy atom. The molecule has 4 rings (SSSR count). The number of hydrogen-bond acceptors (Lipinski definition) is 9. The van der Waals surface area contributed by atoms with Gasteiger partial charge in [0.25, 0.3) is 5.91 Å². The molecule has 0 aliphatic heterocycles. The first-order valence-electron chi connectivity index (χ1n) is 11.1. The number of nitrogens with zero attached hydrogens (tertiary/aromatic N) is 1. The molecule has 7 N–H and O–H groups in total. The van der Waals surface area contributed by atoms with Crippen molar-refractivity contribution in [2.45, 2.75) is 31.4 Å². The van der Waals surface area contributed by atoms with Gasteiger partial charge < -0.3 is 31.3 Å². The Morgan fingerprint density at radius 2 is 1.89 bits per heavy atom. The molecule has 10 nitrogen and oxygen atoms in total. The molecule has 1 saturated carbocycles. The molecule has 0 bridgehead atoms. The van der Waals surface area contributed by atoms with Gasteiger partial charge in [0, 0.05) is 11.5 Å². The van der Waals surface area contributed by atoms with Gasteiger partial charge >= 0.3 is 0 Å². The number of rotatable bonds is 4. The Bertz CT molecular complexity index is 1260. The Morgan fingerprint density at radius 1 is 1.23 bits per heavy atom. The second-order valence-corrected chi connectivity index (χ2v) is 9.64. The van der Waals surface area contributed by atoms with Crippen LogP contribution in [-0.2, 0) is 20.8 Å². The molecule has 10 heteroatoms. The molecule has 186 valence electrons. The van der Waals surface area contributed by atoms with E-state index in [0.717, 1.165) is 0 Å². The van der Waals surface area contributed by atoms with Gasteiger partial charge in [0.15, 0.2) is 11.4 Å². The number of aromatic hydroxyl groups is 1. The number of Topliss-reactive ketones (excluding diaryl/α,β-unsaturated/α-hetero) is 2. The first-order valence-corrected chi connectivity index (χ1v) is 11.1. The topological polar surface area (TPSA) is 182 Å². The van der Waals surface area contributed by atoms with Gasteiger partial charge in [-0.3, -0.25) is 19.3 Å². The molecule has 0 spiro atoms. The van der Waals surface area contributed by atoms with Gasteiger partial charge in [-0.1, -0.05) is 12.1 Å². The Labute approximate surface area is 201 Å². The molecule has 1 aromatic carbocycles. The molecule has 0 radical (unpaired) electrons. The van der Waals surface area contributed by atoms with Gasteiger partial charge in [-0.05, 0) is 62.5 Å². The second-order valence-electron chi connectivity index (χ2n) is 9.64. The number of likely N-dealkylation sites (N-methyl/N-ethyl adjacent to an activating group) is 1. The lowest BCUT2D eigenvalue weighted by Crippen LogP contribution is -2.65. The zero-order chi connectivity index (χ0) is 26.0. The van der Waals surface area contributed by atoms with Crippen molar-refractivity contribution in [3.8, 4) is 5.75 Å². The summed E-state index contributed by atoms with van der Waals surface area (Å²) >= 11 is 0. The molecule has 1 fully saturated rings. The molecule has 35 heavy (non-hydrogen) atoms. The van der Waals surface area contributed by atoms with E-state index in [-0.39, 0.29) is 36.3 Å². The van der Waals surface area contributed by atoms with Crippen LogP contribution < -0.4 is 5.73 Å². The van der Waals surface area contributed by atoms with Crippen molar-refractivity contribution in [3.05, 3.63) is 51.3 Å². The van der Waals surface area contributed by atoms with Gasteiger partial charge in [0.2, 0.25) is 5.78 Å². The summed E-state index contributed by atoms with van der Waals surface area (Å²) in [6.07, 6.45) is 1.91. The largest absolute Gasteiger partial charge is 0.508 e. The summed E-state index contributed by atoms with van der Waals surface area (Å²) in [5.74, 6) is -6.85. The summed E-state index contributed by atoms with van der Waals surface area (Å²) in [4.78, 5) is 40.3. The van der Waals surface area contributed by atoms with Crippen molar-refractivity contribution in [2.24, 2.45) is 17.6 Å². The molecule has 3 aliphatic rings. The number of ketones is 2. The lowest BCUT2D eigenvalue weighted by Gasteiger charge is -2.50. The highest BCUT2D eigenvalue weighted by Gasteiger charge is 2.64. The number of benzene rings is 1. The standard InChI is InChI=1S/C25H28N2O8/c1-10(9-28)6-11-4-5-15(29)17-13(11)7-12-8-14-19(27(2)3)21(31)18(24(26)34)23(33)25(14,35)22(32)16(12)20(17)30/h4-6,12,14,19,28-30,33,35H,7-9H2,1-3H3,(H2,26,34)/b10-6+. The fourth-order valence-corrected chi connectivity index (χ4v) is 5.71. The number of primary amides is 1. The number of fused-ring (bicyclic) bond motifs is 3. The normalized spacial score (nSPS) is 28.7. The Kier molecular flexibility index (Phi) is 5.87. The molecule has 0 heterocycles. The number of aliphatic hydroxyl groups excluding tert-OH is 3. The maximum absolute atomic E-state index is 13.7. The minimum absolute atomic E-state index is 0.0146. The van der Waals surface area contributed by atoms with Crippen molar-refractivity contribution in [2.75, 3.05) is 20.7 Å². The number of carbonyl (C=O) groups excluding carboxylic acids is 3. The van der Waals surface area contributed by atoms with Crippen LogP contribution in [0.2, 0.25) is 0 Å². The van der Waals surface area contributed by atoms with Crippen molar-refractivity contribution in [1.82, 2.24) is 4.90 Å². The van der Waals surface area contributed by atoms with Crippen LogP contribution in [0.25, 0.3) is 11.8 Å². The number of hydrogen-bond donors (Lipinski definition) is 6. The van der Waals surface area contributed by atoms with Gasteiger partial charge in [-0.2, -0.15) is 0 Å². The maximum Gasteiger partial charge on any atom is 0.255 e. The summed E-state index contributed by atoms with van der Waals surface area (Å²) < 4.78 is 0. The van der Waals surface area contributed by atoms with Gasteiger partial charge in [0.05, 0.1) is 18.2 Å². The van der Waals surface area contributed by atoms with Crippen LogP contribution in [0.5, 0.6) is 5.75 Å². The highest BCUT2D eigenvalue weighted by molar-refractivity contribution is 6.24. The molecule has 4 unspecified atom stereocenters. The molecule has 3 aliphatic carbocycles. The number of aliphatic hydroxyl groups is 4. The van der Waals surface area contributed by atoms with E-state index in [9.17, 15) is 39.9 Å². The van der Waals surface area contributed by atoms with E-state index in [1.165, 1.54) is 11.0 Å². The third-order valence-corrected chi connectivity index (χ3v) is 7.29. The fourth-order valence-electron chi connectivity index (χ4n) is 5.71. The van der Waals surface area contributed by atoms with E-state index in [2.05, 4.69) is 0 Å². The monoisotopic (exact) mass is 484 g/mol. The van der Waals surface area contributed by atoms with Crippen LogP contribution >= 0.6 is 0 Å². The van der Waals surface area contributed by atoms with Crippen molar-refractivity contribution in [3.63, 3.8) is 0 Å². The summed E-state index contributed by atoms with van der Waals surface area (Å²) in [5, 5.41) is 53.5. The third kappa shape index (κ3) is 3.40. The maximum atomic E-state index is 13.7. The number of carbonyl (C=O) groups is 3. The van der Waals surface area contributed by atoms with Gasteiger partial charge in [-0.15, -0.1) is 0 Å². The fraction of sp³-hybridized carbons (Fsp3) is 0.400. The number of amides is 1. The highest BCUT2D eigenvalue weighted by Crippen LogP contribution is 2.53. The van der Waals surface area contributed by atoms with Gasteiger partial charge in [-0.25, -0.2) is 0 Å². The first kappa shape index (κ1) is 24.6. The van der Waals surface area contributed by atoms with E-state index in [1.54, 1.807) is 33.2 Å². The predicted molar refractivity (Wildman–Crippen MR) is 125 cm³/mol. The Balaban J connectivity index is 1.97. The van der Waals surface area contributed by atoms with E-state index >= 15 is 0 Å². The van der Waals surface area contributed by atoms with Crippen LogP contribution in [0.4, 0.5) is 0 Å². The summed E-state index contributed by atoms with van der Waals surface area (Å²) in [6.45, 7) is 1.52. The van der Waals surface area contributed by atoms with E-state index in [1.807, 2.05) is 0 Å². The third-order valence-electron chi connectivity index (χ3n) is 7.29. The van der Waals surface area contributed by atoms with Crippen LogP contribution in [-0.4, -0.2) is 80.3 Å². The summed E-state index contributed by atoms with van der Waals surface area (Å²) in [6, 6.07) is 1.85. The molecule has 1 amide bonds. The zero-order valence-electron chi connectivity index (χ0n) is 19.6. The number of phenolic OH excluding ortho intramolecular Hbond substituents is 1. The first-order chi connectivity index (χ1) is 16.4. The minimum Gasteiger partial charge on any atom is -0.508 e. The SMILES string of the molecule is C/C(=C\c1ccc(O)c2c1CC1CC3C(N(C)C)C(=O)C(C(N)=O)=C(O)C3(O)C(=O)C1=C2O)CO. The minimum atomic E-state index is -2.66. The molecular weight excluding hydrogens is 456 g/mol. The molecule has 1 aromatic rings. The lowest BCUT2D eigenvalue weighted by molar-refractivity contribution is -0.153. The second kappa shape index (κ2) is 8.33. The van der Waals surface area contributed by atoms with Crippen LogP contribution in [0.15, 0.2) is 34.6 Å². The average Bonchev–Trinajstić information content (AvgIpc) is 2.77. The zero-order valence-corrected chi connectivity index (χ0v) is 19.6. The smallest absolute Gasteiger partial charge is 0.255 e. The number of nitrogens with two attached hydrogens (primary N) is 1. The Hall–Kier alpha value is -3.47. The molecule has 4 atom stereocenters. The summed E-state index contributed by atoms with van der Waals surface area (Å²) in [5.41, 5.74) is 3.43. The van der Waals surface area contributed by atoms with Crippen molar-refractivity contribution >= 4 is 29.3 Å². The van der Waals surface area contributed by atoms with E-state index in [4.69, 9.17) is 5.73 Å². The van der Waals surface area contributed by atoms with Crippen LogP contribution in [0, 0.1) is 11.8 Å². The summed E-state index contributed by atoms with van der Waals surface area (Å²) in [7, 11) is 3.10. The molecular formula is C25H28N2O8.